The number of carbonyl (C=O) groups excluding carboxylic acids is 1. The Hall–Kier alpha value is -3.02. The van der Waals surface area contributed by atoms with Crippen molar-refractivity contribution in [1.29, 1.82) is 0 Å². The van der Waals surface area contributed by atoms with Gasteiger partial charge >= 0.3 is 5.69 Å². The molecule has 0 bridgehead atoms. The molecule has 29 heavy (non-hydrogen) atoms. The molecule has 1 aromatic heterocycles. The van der Waals surface area contributed by atoms with Crippen molar-refractivity contribution in [3.05, 3.63) is 64.1 Å². The van der Waals surface area contributed by atoms with Gasteiger partial charge in [-0.25, -0.2) is 4.79 Å². The van der Waals surface area contributed by atoms with Crippen LogP contribution in [0.2, 0.25) is 0 Å². The second kappa shape index (κ2) is 8.15. The van der Waals surface area contributed by atoms with Crippen LogP contribution in [0.25, 0.3) is 11.0 Å². The van der Waals surface area contributed by atoms with Crippen LogP contribution in [0.4, 0.5) is 0 Å². The maximum atomic E-state index is 12.6. The monoisotopic (exact) mass is 393 g/mol. The summed E-state index contributed by atoms with van der Waals surface area (Å²) in [4.78, 5) is 27.6. The predicted octanol–water partition coefficient (Wildman–Crippen LogP) is 3.35. The molecule has 6 nitrogen and oxygen atoms in total. The molecule has 1 heterocycles. The fraction of sp³-hybridized carbons (Fsp3) is 0.391. The molecule has 1 aliphatic rings. The molecule has 2 aromatic carbocycles. The summed E-state index contributed by atoms with van der Waals surface area (Å²) in [6.45, 7) is 2.91. The fourth-order valence-corrected chi connectivity index (χ4v) is 4.10. The average molecular weight is 393 g/mol. The summed E-state index contributed by atoms with van der Waals surface area (Å²) in [5, 5.41) is 3.00. The second-order valence-corrected chi connectivity index (χ2v) is 7.83. The lowest BCUT2D eigenvalue weighted by molar-refractivity contribution is -0.121. The molecule has 0 radical (unpaired) electrons. The number of imidazole rings is 1. The van der Waals surface area contributed by atoms with Crippen LogP contribution in [0.3, 0.4) is 0 Å². The van der Waals surface area contributed by atoms with E-state index in [4.69, 9.17) is 4.74 Å². The molecule has 1 amide bonds. The Morgan fingerprint density at radius 2 is 2.07 bits per heavy atom. The Labute approximate surface area is 169 Å². The van der Waals surface area contributed by atoms with Gasteiger partial charge in [-0.1, -0.05) is 24.3 Å². The summed E-state index contributed by atoms with van der Waals surface area (Å²) < 4.78 is 7.02. The maximum Gasteiger partial charge on any atom is 0.326 e. The molecule has 4 rings (SSSR count). The van der Waals surface area contributed by atoms with E-state index in [0.29, 0.717) is 25.4 Å². The minimum atomic E-state index is -0.148. The molecule has 1 saturated carbocycles. The number of ether oxygens (including phenoxy) is 1. The van der Waals surface area contributed by atoms with Gasteiger partial charge in [0, 0.05) is 19.5 Å². The highest BCUT2D eigenvalue weighted by molar-refractivity contribution is 5.77. The molecule has 1 atom stereocenters. The number of methoxy groups -OCH3 is 1. The zero-order chi connectivity index (χ0) is 20.4. The van der Waals surface area contributed by atoms with Gasteiger partial charge in [-0.15, -0.1) is 0 Å². The first-order valence-electron chi connectivity index (χ1n) is 10.2. The quantitative estimate of drug-likeness (QED) is 0.616. The number of aromatic nitrogens is 2. The number of hydrogen-bond donors (Lipinski definition) is 2. The summed E-state index contributed by atoms with van der Waals surface area (Å²) in [6, 6.07) is 13.8. The highest BCUT2D eigenvalue weighted by Gasteiger charge is 2.33. The first-order valence-corrected chi connectivity index (χ1v) is 10.2. The number of benzene rings is 2. The number of carbonyl (C=O) groups is 1. The first-order chi connectivity index (χ1) is 14.1. The summed E-state index contributed by atoms with van der Waals surface area (Å²) in [5.41, 5.74) is 3.82. The number of hydrogen-bond acceptors (Lipinski definition) is 3. The van der Waals surface area contributed by atoms with Gasteiger partial charge in [0.05, 0.1) is 18.1 Å². The lowest BCUT2D eigenvalue weighted by Crippen LogP contribution is -2.31. The molecule has 0 spiro atoms. The number of nitrogens with one attached hydrogen (secondary N) is 2. The van der Waals surface area contributed by atoms with Crippen molar-refractivity contribution in [3.63, 3.8) is 0 Å². The summed E-state index contributed by atoms with van der Waals surface area (Å²) in [5.74, 6) is 1.71. The molecule has 0 saturated heterocycles. The topological polar surface area (TPSA) is 76.1 Å². The van der Waals surface area contributed by atoms with E-state index in [1.54, 1.807) is 11.7 Å². The van der Waals surface area contributed by atoms with Crippen molar-refractivity contribution in [2.45, 2.75) is 38.6 Å². The van der Waals surface area contributed by atoms with Crippen molar-refractivity contribution < 1.29 is 9.53 Å². The molecule has 1 aliphatic carbocycles. The molecule has 6 heteroatoms. The van der Waals surface area contributed by atoms with Crippen molar-refractivity contribution in [1.82, 2.24) is 14.9 Å². The highest BCUT2D eigenvalue weighted by Crippen LogP contribution is 2.45. The molecule has 3 aromatic rings. The zero-order valence-corrected chi connectivity index (χ0v) is 16.9. The summed E-state index contributed by atoms with van der Waals surface area (Å²) in [6.07, 6.45) is 2.82. The van der Waals surface area contributed by atoms with Gasteiger partial charge in [-0.3, -0.25) is 9.36 Å². The Bertz CT molecular complexity index is 1080. The number of aryl methyl sites for hydroxylation is 1. The fourth-order valence-electron chi connectivity index (χ4n) is 4.10. The van der Waals surface area contributed by atoms with Gasteiger partial charge in [0.2, 0.25) is 5.91 Å². The second-order valence-electron chi connectivity index (χ2n) is 7.83. The van der Waals surface area contributed by atoms with Crippen LogP contribution in [-0.2, 0) is 11.3 Å². The standard InChI is InChI=1S/C23H27N3O3/c1-15-13-17(9-10-21(15)29-2)18(16-7-8-16)14-22(27)24-11-12-26-20-6-4-3-5-19(20)25-23(26)28/h3-6,9-10,13,16,18H,7-8,11-12,14H2,1-2H3,(H,24,27)(H,25,28). The Kier molecular flexibility index (Phi) is 5.43. The molecule has 1 fully saturated rings. The zero-order valence-electron chi connectivity index (χ0n) is 16.9. The van der Waals surface area contributed by atoms with E-state index in [1.807, 2.05) is 37.3 Å². The molecular weight excluding hydrogens is 366 g/mol. The Morgan fingerprint density at radius 3 is 2.79 bits per heavy atom. The van der Waals surface area contributed by atoms with E-state index < -0.39 is 0 Å². The van der Waals surface area contributed by atoms with Crippen LogP contribution in [0.1, 0.15) is 36.3 Å². The number of nitrogens with zero attached hydrogens (tertiary/aromatic N) is 1. The largest absolute Gasteiger partial charge is 0.496 e. The lowest BCUT2D eigenvalue weighted by atomic mass is 9.89. The van der Waals surface area contributed by atoms with Crippen molar-refractivity contribution >= 4 is 16.9 Å². The number of para-hydroxylation sites is 2. The molecular formula is C23H27N3O3. The predicted molar refractivity (Wildman–Crippen MR) is 113 cm³/mol. The van der Waals surface area contributed by atoms with Crippen LogP contribution in [0.15, 0.2) is 47.3 Å². The number of fused-ring (bicyclic) bond motifs is 1. The van der Waals surface area contributed by atoms with Gasteiger partial charge in [-0.05, 0) is 60.9 Å². The SMILES string of the molecule is COc1ccc(C(CC(=O)NCCn2c(=O)[nH]c3ccccc32)C2CC2)cc1C. The van der Waals surface area contributed by atoms with E-state index in [-0.39, 0.29) is 17.5 Å². The van der Waals surface area contributed by atoms with Crippen molar-refractivity contribution in [3.8, 4) is 5.75 Å². The van der Waals surface area contributed by atoms with Crippen LogP contribution in [0, 0.1) is 12.8 Å². The summed E-state index contributed by atoms with van der Waals surface area (Å²) >= 11 is 0. The van der Waals surface area contributed by atoms with Gasteiger partial charge < -0.3 is 15.0 Å². The first kappa shape index (κ1) is 19.3. The Balaban J connectivity index is 1.38. The molecule has 152 valence electrons. The Morgan fingerprint density at radius 1 is 1.28 bits per heavy atom. The van der Waals surface area contributed by atoms with Gasteiger partial charge in [0.1, 0.15) is 5.75 Å². The van der Waals surface area contributed by atoms with Crippen molar-refractivity contribution in [2.75, 3.05) is 13.7 Å². The normalized spacial score (nSPS) is 14.7. The van der Waals surface area contributed by atoms with Crippen LogP contribution in [0.5, 0.6) is 5.75 Å². The van der Waals surface area contributed by atoms with Crippen LogP contribution in [-0.4, -0.2) is 29.1 Å². The third-order valence-corrected chi connectivity index (χ3v) is 5.78. The van der Waals surface area contributed by atoms with E-state index in [0.717, 1.165) is 22.3 Å². The number of amides is 1. The van der Waals surface area contributed by atoms with E-state index in [2.05, 4.69) is 22.4 Å². The van der Waals surface area contributed by atoms with Crippen LogP contribution >= 0.6 is 0 Å². The third-order valence-electron chi connectivity index (χ3n) is 5.78. The maximum absolute atomic E-state index is 12.6. The van der Waals surface area contributed by atoms with Crippen molar-refractivity contribution in [2.24, 2.45) is 5.92 Å². The van der Waals surface area contributed by atoms with E-state index in [1.165, 1.54) is 18.4 Å². The molecule has 2 N–H and O–H groups in total. The van der Waals surface area contributed by atoms with E-state index >= 15 is 0 Å². The molecule has 0 aliphatic heterocycles. The minimum Gasteiger partial charge on any atom is -0.496 e. The number of H-pyrrole nitrogens is 1. The number of rotatable bonds is 8. The highest BCUT2D eigenvalue weighted by atomic mass is 16.5. The van der Waals surface area contributed by atoms with Gasteiger partial charge in [0.15, 0.2) is 0 Å². The smallest absolute Gasteiger partial charge is 0.326 e. The lowest BCUT2D eigenvalue weighted by Gasteiger charge is -2.18. The number of aromatic amines is 1. The average Bonchev–Trinajstić information content (AvgIpc) is 3.50. The molecule has 1 unspecified atom stereocenters. The van der Waals surface area contributed by atoms with Gasteiger partial charge in [0.25, 0.3) is 0 Å². The van der Waals surface area contributed by atoms with Crippen LogP contribution < -0.4 is 15.7 Å². The van der Waals surface area contributed by atoms with E-state index in [9.17, 15) is 9.59 Å². The third kappa shape index (κ3) is 4.21. The summed E-state index contributed by atoms with van der Waals surface area (Å²) in [7, 11) is 1.67. The minimum absolute atomic E-state index is 0.0308. The van der Waals surface area contributed by atoms with Gasteiger partial charge in [-0.2, -0.15) is 0 Å².